The van der Waals surface area contributed by atoms with Gasteiger partial charge in [0, 0.05) is 73.6 Å². The second-order valence-corrected chi connectivity index (χ2v) is 9.88. The maximum absolute atomic E-state index is 13.6. The van der Waals surface area contributed by atoms with Crippen molar-refractivity contribution in [1.29, 1.82) is 0 Å². The number of hydrazine groups is 1. The summed E-state index contributed by atoms with van der Waals surface area (Å²) in [4.78, 5) is 23.1. The summed E-state index contributed by atoms with van der Waals surface area (Å²) in [5.41, 5.74) is 7.68. The number of amides is 1. The topological polar surface area (TPSA) is 70.2 Å². The average Bonchev–Trinajstić information content (AvgIpc) is 3.00. The van der Waals surface area contributed by atoms with Crippen LogP contribution in [0.1, 0.15) is 75.6 Å². The summed E-state index contributed by atoms with van der Waals surface area (Å²) in [7, 11) is 0. The van der Waals surface area contributed by atoms with Crippen LogP contribution in [-0.2, 0) is 5.54 Å². The smallest absolute Gasteiger partial charge is 0.269 e. The maximum Gasteiger partial charge on any atom is 0.269 e. The van der Waals surface area contributed by atoms with Gasteiger partial charge in [-0.2, -0.15) is 0 Å². The van der Waals surface area contributed by atoms with E-state index in [-0.39, 0.29) is 5.91 Å². The molecule has 0 spiro atoms. The zero-order valence-electron chi connectivity index (χ0n) is 25.7. The van der Waals surface area contributed by atoms with Crippen molar-refractivity contribution in [2.45, 2.75) is 54.0 Å². The van der Waals surface area contributed by atoms with Crippen molar-refractivity contribution in [3.8, 4) is 11.5 Å². The van der Waals surface area contributed by atoms with E-state index < -0.39 is 5.54 Å². The van der Waals surface area contributed by atoms with E-state index in [4.69, 9.17) is 14.5 Å². The molecule has 0 saturated heterocycles. The molecule has 0 fully saturated rings. The van der Waals surface area contributed by atoms with Gasteiger partial charge in [-0.25, -0.2) is 5.43 Å². The highest BCUT2D eigenvalue weighted by Gasteiger charge is 2.50. The van der Waals surface area contributed by atoms with Gasteiger partial charge in [0.2, 0.25) is 0 Å². The van der Waals surface area contributed by atoms with Crippen LogP contribution in [-0.4, -0.2) is 61.8 Å². The van der Waals surface area contributed by atoms with E-state index in [1.54, 1.807) is 11.2 Å². The summed E-state index contributed by atoms with van der Waals surface area (Å²) >= 11 is 0. The van der Waals surface area contributed by atoms with E-state index in [0.29, 0.717) is 31.0 Å². The molecule has 0 atom stereocenters. The zero-order chi connectivity index (χ0) is 29.6. The van der Waals surface area contributed by atoms with Gasteiger partial charge in [-0.15, -0.1) is 0 Å². The van der Waals surface area contributed by atoms with Crippen LogP contribution in [0.4, 0.5) is 11.4 Å². The molecule has 0 aliphatic carbocycles. The Kier molecular flexibility index (Phi) is 9.76. The molecule has 1 amide bonds. The summed E-state index contributed by atoms with van der Waals surface area (Å²) in [6.07, 6.45) is 1.75. The highest BCUT2D eigenvalue weighted by Crippen LogP contribution is 2.48. The lowest BCUT2D eigenvalue weighted by molar-refractivity contribution is 0.0539. The van der Waals surface area contributed by atoms with Crippen LogP contribution in [0.3, 0.4) is 0 Å². The van der Waals surface area contributed by atoms with E-state index in [9.17, 15) is 4.79 Å². The van der Waals surface area contributed by atoms with Crippen LogP contribution in [0.15, 0.2) is 54.7 Å². The zero-order valence-corrected chi connectivity index (χ0v) is 25.7. The fourth-order valence-corrected chi connectivity index (χ4v) is 5.83. The van der Waals surface area contributed by atoms with Gasteiger partial charge in [-0.3, -0.25) is 14.8 Å². The molecule has 0 bridgehead atoms. The number of hydrogen-bond donors (Lipinski definition) is 1. The summed E-state index contributed by atoms with van der Waals surface area (Å²) in [5.74, 6) is 1.37. The van der Waals surface area contributed by atoms with Crippen molar-refractivity contribution in [3.05, 3.63) is 77.1 Å². The molecule has 1 aliphatic heterocycles. The first-order valence-corrected chi connectivity index (χ1v) is 15.0. The number of rotatable bonds is 13. The monoisotopic (exact) mass is 559 g/mol. The lowest BCUT2D eigenvalue weighted by Crippen LogP contribution is -2.60. The molecule has 2 heterocycles. The Balaban J connectivity index is 2.12. The number of anilines is 2. The highest BCUT2D eigenvalue weighted by molar-refractivity contribution is 5.97. The number of hydrogen-bond acceptors (Lipinski definition) is 7. The summed E-state index contributed by atoms with van der Waals surface area (Å²) < 4.78 is 12.8. The van der Waals surface area contributed by atoms with Gasteiger partial charge in [-0.1, -0.05) is 12.1 Å². The van der Waals surface area contributed by atoms with Gasteiger partial charge < -0.3 is 19.3 Å². The molecule has 8 heteroatoms. The minimum absolute atomic E-state index is 0.110. The first-order valence-electron chi connectivity index (χ1n) is 15.0. The van der Waals surface area contributed by atoms with E-state index >= 15 is 0 Å². The van der Waals surface area contributed by atoms with E-state index in [0.717, 1.165) is 60.2 Å². The van der Waals surface area contributed by atoms with Crippen molar-refractivity contribution in [1.82, 2.24) is 15.4 Å². The Bertz CT molecular complexity index is 1270. The summed E-state index contributed by atoms with van der Waals surface area (Å²) in [6, 6.07) is 16.4. The molecule has 4 rings (SSSR count). The van der Waals surface area contributed by atoms with Crippen molar-refractivity contribution in [2.24, 2.45) is 0 Å². The number of pyridine rings is 1. The Morgan fingerprint density at radius 2 is 1.29 bits per heavy atom. The van der Waals surface area contributed by atoms with Crippen molar-refractivity contribution >= 4 is 17.3 Å². The van der Waals surface area contributed by atoms with Crippen LogP contribution in [0.25, 0.3) is 0 Å². The van der Waals surface area contributed by atoms with E-state index in [1.807, 2.05) is 32.9 Å². The molecule has 8 nitrogen and oxygen atoms in total. The predicted octanol–water partition coefficient (Wildman–Crippen LogP) is 5.84. The molecular weight excluding hydrogens is 514 g/mol. The Labute approximate surface area is 245 Å². The number of nitrogens with zero attached hydrogens (tertiary/aromatic N) is 4. The number of carbonyl (C=O) groups excluding carboxylic acids is 1. The SMILES string of the molecule is CCOc1cc(N(CC)CC)ccc1C1(c2ccc(N(CC)CC)cc2OCC)NN(CC)C(=O)c2cccnc21. The number of carbonyl (C=O) groups is 1. The third-order valence-corrected chi connectivity index (χ3v) is 7.85. The van der Waals surface area contributed by atoms with Crippen molar-refractivity contribution < 1.29 is 14.3 Å². The Morgan fingerprint density at radius 1 is 0.780 bits per heavy atom. The Hall–Kier alpha value is -3.78. The lowest BCUT2D eigenvalue weighted by Gasteiger charge is -2.45. The van der Waals surface area contributed by atoms with Crippen LogP contribution in [0, 0.1) is 0 Å². The summed E-state index contributed by atoms with van der Waals surface area (Å²) in [6.45, 7) is 19.6. The second kappa shape index (κ2) is 13.3. The normalized spacial score (nSPS) is 14.0. The van der Waals surface area contributed by atoms with Crippen LogP contribution < -0.4 is 24.7 Å². The fourth-order valence-electron chi connectivity index (χ4n) is 5.83. The van der Waals surface area contributed by atoms with Crippen molar-refractivity contribution in [3.63, 3.8) is 0 Å². The van der Waals surface area contributed by atoms with Crippen LogP contribution >= 0.6 is 0 Å². The first kappa shape index (κ1) is 30.2. The van der Waals surface area contributed by atoms with E-state index in [1.165, 1.54) is 0 Å². The summed E-state index contributed by atoms with van der Waals surface area (Å²) in [5, 5.41) is 1.67. The Morgan fingerprint density at radius 3 is 1.73 bits per heavy atom. The largest absolute Gasteiger partial charge is 0.493 e. The van der Waals surface area contributed by atoms with Crippen molar-refractivity contribution in [2.75, 3.05) is 55.7 Å². The highest BCUT2D eigenvalue weighted by atomic mass is 16.5. The molecule has 0 radical (unpaired) electrons. The van der Waals surface area contributed by atoms with Gasteiger partial charge in [0.1, 0.15) is 17.0 Å². The number of benzene rings is 2. The minimum Gasteiger partial charge on any atom is -0.493 e. The predicted molar refractivity (Wildman–Crippen MR) is 166 cm³/mol. The minimum atomic E-state index is -1.06. The molecule has 1 N–H and O–H groups in total. The van der Waals surface area contributed by atoms with Crippen LogP contribution in [0.5, 0.6) is 11.5 Å². The number of nitrogens with one attached hydrogen (secondary N) is 1. The first-order chi connectivity index (χ1) is 19.9. The molecule has 220 valence electrons. The van der Waals surface area contributed by atoms with Gasteiger partial charge in [0.05, 0.1) is 24.5 Å². The maximum atomic E-state index is 13.6. The number of ether oxygens (including phenoxy) is 2. The standard InChI is InChI=1S/C33H45N5O3/c1-8-36(9-2)24-17-19-27(29(22-24)40-13-6)33(31-26(16-15-21-34-31)32(39)38(12-5)35-33)28-20-18-25(37(10-3)11-4)23-30(28)41-14-7/h15-23,35H,8-14H2,1-7H3. The third-order valence-electron chi connectivity index (χ3n) is 7.85. The molecular formula is C33H45N5O3. The quantitative estimate of drug-likeness (QED) is 0.282. The average molecular weight is 560 g/mol. The molecule has 41 heavy (non-hydrogen) atoms. The van der Waals surface area contributed by atoms with Crippen LogP contribution in [0.2, 0.25) is 0 Å². The lowest BCUT2D eigenvalue weighted by atomic mass is 9.76. The van der Waals surface area contributed by atoms with Gasteiger partial charge in [-0.05, 0) is 72.7 Å². The molecule has 1 aliphatic rings. The third kappa shape index (κ3) is 5.45. The molecule has 1 aromatic heterocycles. The molecule has 2 aromatic carbocycles. The second-order valence-electron chi connectivity index (χ2n) is 9.88. The van der Waals surface area contributed by atoms with Gasteiger partial charge in [0.15, 0.2) is 0 Å². The fraction of sp³-hybridized carbons (Fsp3) is 0.455. The molecule has 0 saturated carbocycles. The number of fused-ring (bicyclic) bond motifs is 1. The van der Waals surface area contributed by atoms with Gasteiger partial charge >= 0.3 is 0 Å². The van der Waals surface area contributed by atoms with E-state index in [2.05, 4.69) is 79.3 Å². The molecule has 3 aromatic rings. The number of aromatic nitrogens is 1. The van der Waals surface area contributed by atoms with Gasteiger partial charge in [0.25, 0.3) is 5.91 Å². The molecule has 0 unspecified atom stereocenters.